The van der Waals surface area contributed by atoms with Gasteiger partial charge in [0.2, 0.25) is 5.91 Å². The van der Waals surface area contributed by atoms with E-state index in [-0.39, 0.29) is 11.7 Å². The molecule has 10 heteroatoms. The molecule has 0 unspecified atom stereocenters. The number of thiophene rings is 1. The van der Waals surface area contributed by atoms with E-state index < -0.39 is 5.91 Å². The molecule has 178 valence electrons. The van der Waals surface area contributed by atoms with Crippen LogP contribution in [0, 0.1) is 6.92 Å². The first-order valence-corrected chi connectivity index (χ1v) is 13.1. The van der Waals surface area contributed by atoms with Gasteiger partial charge in [0.25, 0.3) is 5.91 Å². The summed E-state index contributed by atoms with van der Waals surface area (Å²) in [6, 6.07) is 11.7. The fourth-order valence-electron chi connectivity index (χ4n) is 4.28. The molecular weight excluding hydrogens is 480 g/mol. The Morgan fingerprint density at radius 3 is 2.74 bits per heavy atom. The first-order chi connectivity index (χ1) is 17.0. The molecule has 1 aromatic carbocycles. The second kappa shape index (κ2) is 10.0. The Hall–Kier alpha value is -3.50. The van der Waals surface area contributed by atoms with Gasteiger partial charge in [-0.3, -0.25) is 19.1 Å². The normalized spacial score (nSPS) is 12.8. The van der Waals surface area contributed by atoms with Crippen molar-refractivity contribution in [3.8, 4) is 17.1 Å². The molecule has 0 bridgehead atoms. The lowest BCUT2D eigenvalue weighted by molar-refractivity contribution is -0.113. The topological polar surface area (TPSA) is 116 Å². The summed E-state index contributed by atoms with van der Waals surface area (Å²) in [7, 11) is 0. The minimum absolute atomic E-state index is 0.109. The van der Waals surface area contributed by atoms with Crippen LogP contribution in [0.1, 0.15) is 39.2 Å². The van der Waals surface area contributed by atoms with Crippen LogP contribution in [0.5, 0.6) is 0 Å². The molecule has 3 N–H and O–H groups in total. The van der Waals surface area contributed by atoms with Crippen molar-refractivity contribution in [1.29, 1.82) is 0 Å². The molecule has 2 amide bonds. The van der Waals surface area contributed by atoms with Gasteiger partial charge in [0.05, 0.1) is 17.0 Å². The van der Waals surface area contributed by atoms with E-state index in [9.17, 15) is 9.59 Å². The predicted molar refractivity (Wildman–Crippen MR) is 138 cm³/mol. The average Bonchev–Trinajstić information content (AvgIpc) is 3.44. The Balaban J connectivity index is 1.40. The number of aryl methyl sites for hydroxylation is 2. The molecule has 0 spiro atoms. The first kappa shape index (κ1) is 23.3. The number of hydrogen-bond acceptors (Lipinski definition) is 7. The van der Waals surface area contributed by atoms with Gasteiger partial charge in [0.1, 0.15) is 5.00 Å². The second-order valence-electron chi connectivity index (χ2n) is 8.29. The SMILES string of the molecule is Cc1ccccc1-n1c(SCC(=O)Nc2sc3c(c2C(N)=O)CCCC3)nnc1-c1cccnc1. The Morgan fingerprint density at radius 2 is 1.97 bits per heavy atom. The van der Waals surface area contributed by atoms with Gasteiger partial charge >= 0.3 is 0 Å². The van der Waals surface area contributed by atoms with Crippen LogP contribution in [-0.4, -0.2) is 37.3 Å². The molecule has 0 aliphatic heterocycles. The number of carbonyl (C=O) groups is 2. The van der Waals surface area contributed by atoms with Crippen molar-refractivity contribution < 1.29 is 9.59 Å². The van der Waals surface area contributed by atoms with E-state index in [0.29, 0.717) is 21.5 Å². The van der Waals surface area contributed by atoms with Crippen LogP contribution in [0.4, 0.5) is 5.00 Å². The Labute approximate surface area is 211 Å². The van der Waals surface area contributed by atoms with Gasteiger partial charge in [-0.15, -0.1) is 21.5 Å². The Kier molecular flexibility index (Phi) is 6.65. The quantitative estimate of drug-likeness (QED) is 0.360. The minimum atomic E-state index is -0.493. The maximum Gasteiger partial charge on any atom is 0.251 e. The zero-order valence-electron chi connectivity index (χ0n) is 19.2. The minimum Gasteiger partial charge on any atom is -0.365 e. The molecule has 1 aliphatic carbocycles. The average molecular weight is 505 g/mol. The lowest BCUT2D eigenvalue weighted by Crippen LogP contribution is -2.19. The van der Waals surface area contributed by atoms with Crippen LogP contribution in [-0.2, 0) is 17.6 Å². The van der Waals surface area contributed by atoms with Gasteiger partial charge in [-0.2, -0.15) is 0 Å². The molecule has 35 heavy (non-hydrogen) atoms. The smallest absolute Gasteiger partial charge is 0.251 e. The van der Waals surface area contributed by atoms with Crippen molar-refractivity contribution >= 4 is 39.9 Å². The van der Waals surface area contributed by atoms with Gasteiger partial charge in [-0.1, -0.05) is 30.0 Å². The summed E-state index contributed by atoms with van der Waals surface area (Å²) in [4.78, 5) is 30.4. The van der Waals surface area contributed by atoms with Gasteiger partial charge in [0.15, 0.2) is 11.0 Å². The number of nitrogens with one attached hydrogen (secondary N) is 1. The van der Waals surface area contributed by atoms with Crippen molar-refractivity contribution in [3.63, 3.8) is 0 Å². The third kappa shape index (κ3) is 4.71. The molecular formula is C25H24N6O2S2. The molecule has 3 heterocycles. The van der Waals surface area contributed by atoms with E-state index in [1.54, 1.807) is 12.4 Å². The van der Waals surface area contributed by atoms with E-state index in [1.807, 2.05) is 47.9 Å². The predicted octanol–water partition coefficient (Wildman–Crippen LogP) is 4.41. The highest BCUT2D eigenvalue weighted by atomic mass is 32.2. The van der Waals surface area contributed by atoms with Crippen molar-refractivity contribution in [1.82, 2.24) is 19.7 Å². The zero-order chi connectivity index (χ0) is 24.4. The maximum atomic E-state index is 12.9. The number of amides is 2. The van der Waals surface area contributed by atoms with Crippen molar-refractivity contribution in [2.75, 3.05) is 11.1 Å². The standard InChI is InChI=1S/C25H24N6O2S2/c1-15-7-2-4-10-18(15)31-23(16-8-6-12-27-13-16)29-30-25(31)34-14-20(32)28-24-21(22(26)33)17-9-3-5-11-19(17)35-24/h2,4,6-8,10,12-13H,3,5,9,11,14H2,1H3,(H2,26,33)(H,28,32). The van der Waals surface area contributed by atoms with Gasteiger partial charge in [-0.05, 0) is 61.9 Å². The fourth-order valence-corrected chi connectivity index (χ4v) is 6.34. The number of para-hydroxylation sites is 1. The third-order valence-electron chi connectivity index (χ3n) is 5.91. The fraction of sp³-hybridized carbons (Fsp3) is 0.240. The number of hydrogen-bond donors (Lipinski definition) is 2. The lowest BCUT2D eigenvalue weighted by atomic mass is 9.95. The summed E-state index contributed by atoms with van der Waals surface area (Å²) >= 11 is 2.75. The van der Waals surface area contributed by atoms with Crippen LogP contribution in [0.3, 0.4) is 0 Å². The van der Waals surface area contributed by atoms with E-state index in [4.69, 9.17) is 5.73 Å². The maximum absolute atomic E-state index is 12.9. The molecule has 5 rings (SSSR count). The number of rotatable bonds is 7. The molecule has 0 saturated heterocycles. The summed E-state index contributed by atoms with van der Waals surface area (Å²) in [6.07, 6.45) is 7.31. The van der Waals surface area contributed by atoms with Gasteiger partial charge < -0.3 is 11.1 Å². The van der Waals surface area contributed by atoms with Crippen LogP contribution in [0.25, 0.3) is 17.1 Å². The van der Waals surface area contributed by atoms with Crippen molar-refractivity contribution in [2.45, 2.75) is 37.8 Å². The molecule has 8 nitrogen and oxygen atoms in total. The third-order valence-corrected chi connectivity index (χ3v) is 8.05. The molecule has 0 fully saturated rings. The van der Waals surface area contributed by atoms with E-state index in [1.165, 1.54) is 23.1 Å². The number of benzene rings is 1. The van der Waals surface area contributed by atoms with Crippen LogP contribution >= 0.6 is 23.1 Å². The summed E-state index contributed by atoms with van der Waals surface area (Å²) < 4.78 is 1.95. The molecule has 3 aromatic heterocycles. The van der Waals surface area contributed by atoms with Gasteiger partial charge in [0, 0.05) is 22.8 Å². The number of anilines is 1. The number of carbonyl (C=O) groups excluding carboxylic acids is 2. The monoisotopic (exact) mass is 504 g/mol. The number of aromatic nitrogens is 4. The molecule has 0 atom stereocenters. The van der Waals surface area contributed by atoms with E-state index in [2.05, 4.69) is 20.5 Å². The van der Waals surface area contributed by atoms with Gasteiger partial charge in [-0.25, -0.2) is 0 Å². The Bertz CT molecular complexity index is 1400. The summed E-state index contributed by atoms with van der Waals surface area (Å²) in [5, 5.41) is 12.9. The van der Waals surface area contributed by atoms with Crippen LogP contribution < -0.4 is 11.1 Å². The van der Waals surface area contributed by atoms with E-state index >= 15 is 0 Å². The molecule has 0 radical (unpaired) electrons. The lowest BCUT2D eigenvalue weighted by Gasteiger charge is -2.13. The summed E-state index contributed by atoms with van der Waals surface area (Å²) in [5.74, 6) is 0.0426. The van der Waals surface area contributed by atoms with Crippen molar-refractivity contribution in [3.05, 3.63) is 70.4 Å². The number of fused-ring (bicyclic) bond motifs is 1. The van der Waals surface area contributed by atoms with Crippen LogP contribution in [0.2, 0.25) is 0 Å². The molecule has 4 aromatic rings. The van der Waals surface area contributed by atoms with Crippen molar-refractivity contribution in [2.24, 2.45) is 5.73 Å². The largest absolute Gasteiger partial charge is 0.365 e. The second-order valence-corrected chi connectivity index (χ2v) is 10.3. The summed E-state index contributed by atoms with van der Waals surface area (Å²) in [6.45, 7) is 2.02. The number of pyridine rings is 1. The zero-order valence-corrected chi connectivity index (χ0v) is 20.8. The molecule has 1 aliphatic rings. The highest BCUT2D eigenvalue weighted by molar-refractivity contribution is 7.99. The first-order valence-electron chi connectivity index (χ1n) is 11.3. The highest BCUT2D eigenvalue weighted by Gasteiger charge is 2.25. The summed E-state index contributed by atoms with van der Waals surface area (Å²) in [5.41, 5.74) is 9.94. The van der Waals surface area contributed by atoms with Crippen LogP contribution in [0.15, 0.2) is 53.9 Å². The molecule has 0 saturated carbocycles. The van der Waals surface area contributed by atoms with E-state index in [0.717, 1.165) is 52.9 Å². The highest BCUT2D eigenvalue weighted by Crippen LogP contribution is 2.38. The Morgan fingerprint density at radius 1 is 1.14 bits per heavy atom. The number of primary amides is 1. The number of nitrogens with zero attached hydrogens (tertiary/aromatic N) is 4. The number of thioether (sulfide) groups is 1. The number of nitrogens with two attached hydrogens (primary N) is 1.